The number of ether oxygens (including phenoxy) is 1. The van der Waals surface area contributed by atoms with E-state index < -0.39 is 0 Å². The normalized spacial score (nSPS) is 13.3. The van der Waals surface area contributed by atoms with Crippen molar-refractivity contribution in [3.8, 4) is 11.5 Å². The van der Waals surface area contributed by atoms with Crippen molar-refractivity contribution in [2.75, 3.05) is 0 Å². The van der Waals surface area contributed by atoms with E-state index in [1.807, 2.05) is 0 Å². The van der Waals surface area contributed by atoms with Gasteiger partial charge in [-0.1, -0.05) is 99.7 Å². The molecule has 1 aliphatic heterocycles. The summed E-state index contributed by atoms with van der Waals surface area (Å²) < 4.78 is 6.47. The van der Waals surface area contributed by atoms with Crippen molar-refractivity contribution < 1.29 is 4.74 Å². The first-order valence-electron chi connectivity index (χ1n) is 11.1. The summed E-state index contributed by atoms with van der Waals surface area (Å²) in [5, 5.41) is 5.27. The van der Waals surface area contributed by atoms with E-state index in [9.17, 15) is 0 Å². The van der Waals surface area contributed by atoms with Crippen LogP contribution in [0.2, 0.25) is 0 Å². The molecule has 1 nitrogen and oxygen atoms in total. The fourth-order valence-electron chi connectivity index (χ4n) is 4.95. The first kappa shape index (κ1) is 18.2. The van der Waals surface area contributed by atoms with Gasteiger partial charge in [0.2, 0.25) is 0 Å². The van der Waals surface area contributed by atoms with Gasteiger partial charge in [0, 0.05) is 17.0 Å². The van der Waals surface area contributed by atoms with Crippen molar-refractivity contribution in [1.82, 2.24) is 0 Å². The predicted octanol–water partition coefficient (Wildman–Crippen LogP) is 8.59. The quantitative estimate of drug-likeness (QED) is 0.304. The number of fused-ring (bicyclic) bond motifs is 6. The lowest BCUT2D eigenvalue weighted by molar-refractivity contribution is 0.440. The Balaban J connectivity index is 1.65. The molecule has 0 amide bonds. The second kappa shape index (κ2) is 7.91. The van der Waals surface area contributed by atoms with Crippen LogP contribution < -0.4 is 4.74 Å². The molecule has 0 bridgehead atoms. The molecule has 0 spiro atoms. The maximum absolute atomic E-state index is 6.47. The minimum absolute atomic E-state index is 0.382. The number of rotatable bonds is 6. The molecule has 0 unspecified atom stereocenters. The lowest BCUT2D eigenvalue weighted by atomic mass is 9.79. The van der Waals surface area contributed by atoms with Crippen LogP contribution in [-0.2, 0) is 0 Å². The Bertz CT molecular complexity index is 1070. The summed E-state index contributed by atoms with van der Waals surface area (Å²) in [5.74, 6) is 2.45. The summed E-state index contributed by atoms with van der Waals surface area (Å²) in [5.41, 5.74) is 2.75. The topological polar surface area (TPSA) is 9.23 Å². The highest BCUT2D eigenvalue weighted by atomic mass is 16.5. The second-order valence-electron chi connectivity index (χ2n) is 8.25. The van der Waals surface area contributed by atoms with Gasteiger partial charge < -0.3 is 4.74 Å². The Kier molecular flexibility index (Phi) is 4.97. The van der Waals surface area contributed by atoms with Gasteiger partial charge in [-0.25, -0.2) is 0 Å². The molecule has 0 aromatic heterocycles. The van der Waals surface area contributed by atoms with E-state index in [0.29, 0.717) is 5.92 Å². The van der Waals surface area contributed by atoms with E-state index in [0.717, 1.165) is 11.5 Å². The third-order valence-electron chi connectivity index (χ3n) is 6.37. The molecule has 29 heavy (non-hydrogen) atoms. The van der Waals surface area contributed by atoms with Crippen LogP contribution in [-0.4, -0.2) is 0 Å². The average molecular weight is 381 g/mol. The fraction of sp³-hybridized carbons (Fsp3) is 0.286. The van der Waals surface area contributed by atoms with E-state index in [4.69, 9.17) is 4.74 Å². The third-order valence-corrected chi connectivity index (χ3v) is 6.37. The van der Waals surface area contributed by atoms with E-state index in [-0.39, 0.29) is 0 Å². The van der Waals surface area contributed by atoms with Crippen LogP contribution in [0.5, 0.6) is 11.5 Å². The Labute approximate surface area is 173 Å². The van der Waals surface area contributed by atoms with Gasteiger partial charge in [-0.2, -0.15) is 0 Å². The van der Waals surface area contributed by atoms with Crippen LogP contribution in [0.4, 0.5) is 0 Å². The van der Waals surface area contributed by atoms with E-state index in [1.165, 1.54) is 71.2 Å². The zero-order chi connectivity index (χ0) is 19.6. The summed E-state index contributed by atoms with van der Waals surface area (Å²) in [4.78, 5) is 0. The van der Waals surface area contributed by atoms with Gasteiger partial charge >= 0.3 is 0 Å². The molecular formula is C28H28O. The molecule has 4 aromatic carbocycles. The first-order valence-corrected chi connectivity index (χ1v) is 11.1. The number of benzene rings is 4. The van der Waals surface area contributed by atoms with E-state index >= 15 is 0 Å². The molecule has 0 fully saturated rings. The molecule has 0 N–H and O–H groups in total. The maximum atomic E-state index is 6.47. The molecule has 0 saturated carbocycles. The highest BCUT2D eigenvalue weighted by molar-refractivity contribution is 5.94. The highest BCUT2D eigenvalue weighted by Gasteiger charge is 2.30. The Hall–Kier alpha value is -2.80. The standard InChI is InChI=1S/C28H28O/c1-2-3-4-5-6-15-24-27-22-13-9-7-11-20(22)16-18-25(27)29-26-19-17-21-12-8-10-14-23(21)28(24)26/h7-14,16-19,24H,2-6,15H2,1H3. The molecule has 0 radical (unpaired) electrons. The van der Waals surface area contributed by atoms with E-state index in [1.54, 1.807) is 0 Å². The molecule has 146 valence electrons. The SMILES string of the molecule is CCCCCCCC1c2c(ccc3ccccc23)Oc2ccc3ccccc3c21. The summed E-state index contributed by atoms with van der Waals surface area (Å²) in [6, 6.07) is 26.2. The highest BCUT2D eigenvalue weighted by Crippen LogP contribution is 2.51. The minimum atomic E-state index is 0.382. The van der Waals surface area contributed by atoms with Crippen LogP contribution in [0.1, 0.15) is 62.5 Å². The summed E-state index contributed by atoms with van der Waals surface area (Å²) in [6.45, 7) is 2.28. The third kappa shape index (κ3) is 3.29. The molecule has 1 heterocycles. The zero-order valence-corrected chi connectivity index (χ0v) is 17.2. The first-order chi connectivity index (χ1) is 14.4. The number of unbranched alkanes of at least 4 members (excludes halogenated alkanes) is 4. The molecule has 5 rings (SSSR count). The lowest BCUT2D eigenvalue weighted by Gasteiger charge is -2.31. The van der Waals surface area contributed by atoms with Crippen LogP contribution in [0.15, 0.2) is 72.8 Å². The molecule has 1 heteroatoms. The van der Waals surface area contributed by atoms with Crippen molar-refractivity contribution >= 4 is 21.5 Å². The molecular weight excluding hydrogens is 352 g/mol. The van der Waals surface area contributed by atoms with Crippen molar-refractivity contribution in [3.63, 3.8) is 0 Å². The average Bonchev–Trinajstić information content (AvgIpc) is 2.78. The van der Waals surface area contributed by atoms with Crippen LogP contribution in [0.3, 0.4) is 0 Å². The molecule has 0 atom stereocenters. The maximum Gasteiger partial charge on any atom is 0.131 e. The van der Waals surface area contributed by atoms with Gasteiger partial charge in [-0.15, -0.1) is 0 Å². The van der Waals surface area contributed by atoms with Crippen LogP contribution in [0.25, 0.3) is 21.5 Å². The smallest absolute Gasteiger partial charge is 0.131 e. The van der Waals surface area contributed by atoms with Gasteiger partial charge in [0.1, 0.15) is 11.5 Å². The van der Waals surface area contributed by atoms with Crippen molar-refractivity contribution in [1.29, 1.82) is 0 Å². The summed E-state index contributed by atoms with van der Waals surface area (Å²) in [7, 11) is 0. The van der Waals surface area contributed by atoms with Crippen LogP contribution >= 0.6 is 0 Å². The Morgan fingerprint density at radius 1 is 0.621 bits per heavy atom. The van der Waals surface area contributed by atoms with Crippen LogP contribution in [0, 0.1) is 0 Å². The van der Waals surface area contributed by atoms with Crippen molar-refractivity contribution in [2.24, 2.45) is 0 Å². The predicted molar refractivity (Wildman–Crippen MR) is 123 cm³/mol. The van der Waals surface area contributed by atoms with Crippen molar-refractivity contribution in [3.05, 3.63) is 83.9 Å². The van der Waals surface area contributed by atoms with Gasteiger partial charge in [-0.3, -0.25) is 0 Å². The van der Waals surface area contributed by atoms with Crippen molar-refractivity contribution in [2.45, 2.75) is 51.4 Å². The summed E-state index contributed by atoms with van der Waals surface area (Å²) >= 11 is 0. The molecule has 4 aromatic rings. The number of hydrogen-bond acceptors (Lipinski definition) is 1. The zero-order valence-electron chi connectivity index (χ0n) is 17.2. The molecule has 0 saturated heterocycles. The van der Waals surface area contributed by atoms with Gasteiger partial charge in [0.25, 0.3) is 0 Å². The number of hydrogen-bond donors (Lipinski definition) is 0. The largest absolute Gasteiger partial charge is 0.457 e. The minimum Gasteiger partial charge on any atom is -0.457 e. The summed E-state index contributed by atoms with van der Waals surface area (Å²) in [6.07, 6.45) is 7.71. The fourth-order valence-corrected chi connectivity index (χ4v) is 4.95. The Morgan fingerprint density at radius 3 is 1.76 bits per heavy atom. The van der Waals surface area contributed by atoms with E-state index in [2.05, 4.69) is 79.7 Å². The van der Waals surface area contributed by atoms with Gasteiger partial charge in [0.15, 0.2) is 0 Å². The molecule has 0 aliphatic carbocycles. The second-order valence-corrected chi connectivity index (χ2v) is 8.25. The monoisotopic (exact) mass is 380 g/mol. The van der Waals surface area contributed by atoms with Gasteiger partial charge in [0.05, 0.1) is 0 Å². The Morgan fingerprint density at radius 2 is 1.17 bits per heavy atom. The van der Waals surface area contributed by atoms with Gasteiger partial charge in [-0.05, 0) is 40.1 Å². The lowest BCUT2D eigenvalue weighted by Crippen LogP contribution is -2.12. The molecule has 1 aliphatic rings.